The number of benzene rings is 6. The molecule has 1 aliphatic heterocycles. The van der Waals surface area contributed by atoms with Gasteiger partial charge < -0.3 is 32.8 Å². The Morgan fingerprint density at radius 1 is 0.507 bits per heavy atom. The van der Waals surface area contributed by atoms with Crippen LogP contribution in [-0.2, 0) is 4.57 Å². The molecule has 6 aromatic carbocycles. The third-order valence-electron chi connectivity index (χ3n) is 13.4. The quantitative estimate of drug-likeness (QED) is 0.105. The van der Waals surface area contributed by atoms with Gasteiger partial charge in [-0.2, -0.15) is 0 Å². The van der Waals surface area contributed by atoms with Crippen molar-refractivity contribution in [2.24, 2.45) is 0 Å². The Morgan fingerprint density at radius 2 is 0.957 bits per heavy atom. The summed E-state index contributed by atoms with van der Waals surface area (Å²) >= 11 is 6.75. The lowest BCUT2D eigenvalue weighted by Crippen LogP contribution is -2.34. The predicted octanol–water partition coefficient (Wildman–Crippen LogP) is 14.5. The summed E-state index contributed by atoms with van der Waals surface area (Å²) in [6.45, 7) is 0. The number of anilines is 2. The van der Waals surface area contributed by atoms with Gasteiger partial charge in [0.2, 0.25) is 7.14 Å². The maximum atomic E-state index is 17.3. The van der Waals surface area contributed by atoms with Crippen molar-refractivity contribution in [3.8, 4) is 38.1 Å². The van der Waals surface area contributed by atoms with Crippen LogP contribution in [0.25, 0.3) is 83.6 Å². The molecule has 0 fully saturated rings. The van der Waals surface area contributed by atoms with E-state index in [4.69, 9.17) is 23.0 Å². The number of rotatable bonds is 9. The molecule has 13 rings (SSSR count). The van der Waals surface area contributed by atoms with E-state index in [1.54, 1.807) is 66.7 Å². The van der Waals surface area contributed by atoms with Crippen LogP contribution in [0.2, 0.25) is 0 Å². The first-order chi connectivity index (χ1) is 33.5. The average Bonchev–Trinajstić information content (AvgIpc) is 4.22. The van der Waals surface area contributed by atoms with Crippen molar-refractivity contribution >= 4 is 142 Å². The summed E-state index contributed by atoms with van der Waals surface area (Å²) in [4.78, 5) is 8.23. The summed E-state index contributed by atoms with van der Waals surface area (Å²) in [6, 6.07) is 44.1. The molecule has 12 aromatic rings. The van der Waals surface area contributed by atoms with Gasteiger partial charge in [-0.05, 0) is 83.9 Å². The van der Waals surface area contributed by atoms with Gasteiger partial charge in [0.15, 0.2) is 17.1 Å². The van der Waals surface area contributed by atoms with E-state index >= 15 is 4.57 Å². The van der Waals surface area contributed by atoms with E-state index in [2.05, 4.69) is 94.7 Å². The van der Waals surface area contributed by atoms with E-state index in [0.717, 1.165) is 132 Å². The second-order valence-corrected chi connectivity index (χ2v) is 24.5. The lowest BCUT2D eigenvalue weighted by molar-refractivity contribution is 0.371. The summed E-state index contributed by atoms with van der Waals surface area (Å²) in [5.74, 6) is 2.79. The van der Waals surface area contributed by atoms with Gasteiger partial charge >= 0.3 is 0 Å². The Bertz CT molecular complexity index is 3880. The maximum absolute atomic E-state index is 17.3. The first kappa shape index (κ1) is 42.4. The molecule has 0 saturated heterocycles. The number of methoxy groups -OCH3 is 3. The first-order valence-electron chi connectivity index (χ1n) is 22.3. The van der Waals surface area contributed by atoms with Crippen molar-refractivity contribution in [1.29, 1.82) is 0 Å². The molecule has 0 saturated carbocycles. The Labute approximate surface area is 413 Å². The molecule has 0 aliphatic carbocycles. The Hall–Kier alpha value is -6.66. The van der Waals surface area contributed by atoms with Gasteiger partial charge in [-0.1, -0.05) is 30.3 Å². The van der Waals surface area contributed by atoms with Crippen molar-refractivity contribution in [2.45, 2.75) is 0 Å². The molecule has 0 unspecified atom stereocenters. The van der Waals surface area contributed by atoms with E-state index in [0.29, 0.717) is 17.2 Å². The van der Waals surface area contributed by atoms with Crippen LogP contribution in [0.1, 0.15) is 15.3 Å². The van der Waals surface area contributed by atoms with Crippen LogP contribution in [0.15, 0.2) is 136 Å². The zero-order valence-electron chi connectivity index (χ0n) is 38.5. The second-order valence-electron chi connectivity index (χ2n) is 17.7. The van der Waals surface area contributed by atoms with Gasteiger partial charge in [-0.15, -0.1) is 45.3 Å². The molecule has 6 aromatic heterocycles. The number of ether oxygens (including phenoxy) is 3. The van der Waals surface area contributed by atoms with Gasteiger partial charge in [-0.25, -0.2) is 0 Å². The minimum Gasteiger partial charge on any atom is -0.495 e. The predicted molar refractivity (Wildman–Crippen MR) is 293 cm³/mol. The molecule has 340 valence electrons. The molecular weight excluding hydrogens is 956 g/mol. The van der Waals surface area contributed by atoms with Crippen molar-refractivity contribution < 1.29 is 27.6 Å². The summed E-state index contributed by atoms with van der Waals surface area (Å²) in [6.07, 6.45) is 0. The molecule has 69 heavy (non-hydrogen) atoms. The van der Waals surface area contributed by atoms with Gasteiger partial charge in [-0.3, -0.25) is 4.57 Å². The van der Waals surface area contributed by atoms with Crippen LogP contribution in [0.3, 0.4) is 0 Å². The van der Waals surface area contributed by atoms with Crippen molar-refractivity contribution in [3.05, 3.63) is 149 Å². The second kappa shape index (κ2) is 15.7. The Kier molecular flexibility index (Phi) is 9.65. The van der Waals surface area contributed by atoms with Gasteiger partial charge in [0.1, 0.15) is 54.4 Å². The summed E-state index contributed by atoms with van der Waals surface area (Å²) in [5, 5.41) is 6.82. The first-order valence-corrected chi connectivity index (χ1v) is 27.3. The van der Waals surface area contributed by atoms with Crippen LogP contribution in [0.5, 0.6) is 17.2 Å². The summed E-state index contributed by atoms with van der Waals surface area (Å²) < 4.78 is 52.6. The maximum Gasteiger partial charge on any atom is 0.235 e. The number of hydrogen-bond donors (Lipinski definition) is 0. The average molecular weight is 998 g/mol. The zero-order valence-corrected chi connectivity index (χ0v) is 42.7. The lowest BCUT2D eigenvalue weighted by Gasteiger charge is -2.26. The van der Waals surface area contributed by atoms with Crippen molar-refractivity contribution in [2.75, 3.05) is 59.3 Å². The van der Waals surface area contributed by atoms with Gasteiger partial charge in [0.25, 0.3) is 0 Å². The third kappa shape index (κ3) is 6.29. The number of furan rings is 2. The molecule has 0 radical (unpaired) electrons. The Balaban J connectivity index is 1.04. The zero-order chi connectivity index (χ0) is 47.0. The SMILES string of the molecule is COc1cc(OC)c([C+]2c3sc4cc(-c5ccc6c(c5)oc5cc(N(C)C)ccc56)sc4c3P(=O)(c3ccccc3)c3c2sc2cc(-c4ccc5c(c4)oc4cc(N(C)C)ccc45)sc32)c(OC)c1. The fraction of sp³-hybridized carbons (Fsp3) is 0.125. The van der Waals surface area contributed by atoms with Gasteiger partial charge in [0, 0.05) is 88.3 Å². The molecule has 0 N–H and O–H groups in total. The molecule has 13 heteroatoms. The molecular formula is C56H42N2O6PS4+. The molecule has 0 spiro atoms. The molecule has 0 bridgehead atoms. The molecule has 1 aliphatic rings. The van der Waals surface area contributed by atoms with E-state index < -0.39 is 7.14 Å². The minimum atomic E-state index is -3.59. The monoisotopic (exact) mass is 997 g/mol. The highest BCUT2D eigenvalue weighted by Gasteiger charge is 2.55. The van der Waals surface area contributed by atoms with Crippen LogP contribution in [-0.4, -0.2) is 49.5 Å². The third-order valence-corrected chi connectivity index (χ3v) is 22.1. The normalized spacial score (nSPS) is 13.3. The number of nitrogens with zero attached hydrogens (tertiary/aromatic N) is 2. The van der Waals surface area contributed by atoms with Crippen molar-refractivity contribution in [1.82, 2.24) is 0 Å². The highest BCUT2D eigenvalue weighted by atomic mass is 32.1. The van der Waals surface area contributed by atoms with E-state index in [-0.39, 0.29) is 0 Å². The van der Waals surface area contributed by atoms with Crippen LogP contribution >= 0.6 is 52.5 Å². The number of fused-ring (bicyclic) bond motifs is 12. The fourth-order valence-electron chi connectivity index (χ4n) is 9.93. The molecule has 0 amide bonds. The molecule has 7 heterocycles. The Morgan fingerprint density at radius 3 is 1.39 bits per heavy atom. The number of hydrogen-bond acceptors (Lipinski definition) is 12. The summed E-state index contributed by atoms with van der Waals surface area (Å²) in [7, 11) is 9.55. The lowest BCUT2D eigenvalue weighted by atomic mass is 9.93. The summed E-state index contributed by atoms with van der Waals surface area (Å²) in [5.41, 5.74) is 8.44. The fourth-order valence-corrected chi connectivity index (χ4v) is 20.2. The van der Waals surface area contributed by atoms with Crippen LogP contribution in [0, 0.1) is 5.92 Å². The van der Waals surface area contributed by atoms with Crippen LogP contribution in [0.4, 0.5) is 11.4 Å². The van der Waals surface area contributed by atoms with E-state index in [9.17, 15) is 0 Å². The highest BCUT2D eigenvalue weighted by Crippen LogP contribution is 2.63. The largest absolute Gasteiger partial charge is 0.495 e. The number of thiophene rings is 4. The van der Waals surface area contributed by atoms with Crippen molar-refractivity contribution in [3.63, 3.8) is 0 Å². The molecule has 8 nitrogen and oxygen atoms in total. The van der Waals surface area contributed by atoms with E-state index in [1.807, 2.05) is 70.7 Å². The van der Waals surface area contributed by atoms with Gasteiger partial charge in [0.05, 0.1) is 52.3 Å². The smallest absolute Gasteiger partial charge is 0.235 e. The van der Waals surface area contributed by atoms with E-state index in [1.165, 1.54) is 0 Å². The standard InChI is InChI=1S/C56H42N2O6PS4/c1-57(2)31-15-19-37-35-17-13-29(21-39(35)63-41(37)23-31)45-27-47-53(66-45)51-55(68-47)50(49-43(61-6)25-33(60-5)26-44(49)62-7)56-52(65(51,59)34-11-9-8-10-12-34)54-48(69-56)28-46(67-54)30-14-18-36-38-20-16-32(58(3)4)24-42(38)64-40(36)22-30/h8-28H,1-7H3/q+1. The molecule has 0 atom stereocenters. The van der Waals surface area contributed by atoms with Crippen LogP contribution < -0.4 is 39.9 Å². The minimum absolute atomic E-state index is 0.609. The topological polar surface area (TPSA) is 77.5 Å². The highest BCUT2D eigenvalue weighted by molar-refractivity contribution is 7.88.